The van der Waals surface area contributed by atoms with Crippen molar-refractivity contribution in [3.8, 4) is 5.75 Å². The van der Waals surface area contributed by atoms with Crippen LogP contribution >= 0.6 is 0 Å². The van der Waals surface area contributed by atoms with Crippen LogP contribution in [0.5, 0.6) is 5.75 Å². The van der Waals surface area contributed by atoms with E-state index in [1.54, 1.807) is 32.2 Å². The fourth-order valence-electron chi connectivity index (χ4n) is 1.66. The molecule has 1 rings (SSSR count). The molecule has 2 unspecified atom stereocenters. The van der Waals surface area contributed by atoms with Gasteiger partial charge in [-0.2, -0.15) is 0 Å². The molecule has 1 aromatic rings. The van der Waals surface area contributed by atoms with Crippen molar-refractivity contribution < 1.29 is 24.4 Å². The highest BCUT2D eigenvalue weighted by atomic mass is 16.5. The van der Waals surface area contributed by atoms with E-state index in [2.05, 4.69) is 0 Å². The van der Waals surface area contributed by atoms with Crippen LogP contribution in [0.15, 0.2) is 24.3 Å². The van der Waals surface area contributed by atoms with Crippen molar-refractivity contribution >= 4 is 0 Å². The van der Waals surface area contributed by atoms with E-state index in [1.165, 1.54) is 0 Å². The third-order valence-electron chi connectivity index (χ3n) is 2.76. The summed E-state index contributed by atoms with van der Waals surface area (Å²) in [6.45, 7) is 4.40. The maximum Gasteiger partial charge on any atom is 0.119 e. The average molecular weight is 284 g/mol. The zero-order chi connectivity index (χ0) is 15.0. The van der Waals surface area contributed by atoms with Gasteiger partial charge in [0, 0.05) is 7.11 Å². The molecule has 0 aliphatic rings. The molecule has 0 aliphatic carbocycles. The van der Waals surface area contributed by atoms with Crippen LogP contribution in [0.3, 0.4) is 0 Å². The van der Waals surface area contributed by atoms with Crippen molar-refractivity contribution in [1.29, 1.82) is 0 Å². The van der Waals surface area contributed by atoms with E-state index < -0.39 is 12.2 Å². The minimum Gasteiger partial charge on any atom is -0.491 e. The Balaban J connectivity index is 2.33. The highest BCUT2D eigenvalue weighted by Crippen LogP contribution is 2.18. The lowest BCUT2D eigenvalue weighted by Gasteiger charge is -2.16. The molecule has 0 aliphatic heterocycles. The van der Waals surface area contributed by atoms with Crippen LogP contribution in [-0.4, -0.2) is 49.4 Å². The summed E-state index contributed by atoms with van der Waals surface area (Å²) in [7, 11) is 1.61. The van der Waals surface area contributed by atoms with Crippen LogP contribution in [0.25, 0.3) is 0 Å². The fraction of sp³-hybridized carbons (Fsp3) is 0.600. The first-order valence-electron chi connectivity index (χ1n) is 6.72. The van der Waals surface area contributed by atoms with Gasteiger partial charge in [0.25, 0.3) is 0 Å². The van der Waals surface area contributed by atoms with Crippen molar-refractivity contribution in [2.45, 2.75) is 32.2 Å². The second-order valence-electron chi connectivity index (χ2n) is 4.81. The molecule has 0 aromatic heterocycles. The average Bonchev–Trinajstić information content (AvgIpc) is 2.43. The number of ether oxygens (including phenoxy) is 3. The lowest BCUT2D eigenvalue weighted by molar-refractivity contribution is -0.0423. The SMILES string of the molecule is COCC(C)OCC(O)COc1cccc([C@@H](C)O)c1. The molecule has 0 bridgehead atoms. The Morgan fingerprint density at radius 3 is 2.50 bits per heavy atom. The van der Waals surface area contributed by atoms with Gasteiger partial charge in [-0.05, 0) is 31.5 Å². The number of rotatable bonds is 9. The first kappa shape index (κ1) is 16.9. The maximum absolute atomic E-state index is 9.77. The lowest BCUT2D eigenvalue weighted by atomic mass is 10.1. The standard InChI is InChI=1S/C15H24O5/c1-11(8-18-3)19-9-14(17)10-20-15-6-4-5-13(7-15)12(2)16/h4-7,11-12,14,16-17H,8-10H2,1-3H3/t11?,12-,14?/m1/s1. The van der Waals surface area contributed by atoms with Gasteiger partial charge in [0.05, 0.1) is 25.4 Å². The van der Waals surface area contributed by atoms with E-state index in [1.807, 2.05) is 13.0 Å². The Hall–Kier alpha value is -1.14. The van der Waals surface area contributed by atoms with Crippen LogP contribution in [-0.2, 0) is 9.47 Å². The predicted octanol–water partition coefficient (Wildman–Crippen LogP) is 1.53. The van der Waals surface area contributed by atoms with Crippen molar-refractivity contribution in [3.63, 3.8) is 0 Å². The third kappa shape index (κ3) is 6.34. The first-order valence-corrected chi connectivity index (χ1v) is 6.72. The number of benzene rings is 1. The van der Waals surface area contributed by atoms with Crippen molar-refractivity contribution in [3.05, 3.63) is 29.8 Å². The zero-order valence-electron chi connectivity index (χ0n) is 12.3. The van der Waals surface area contributed by atoms with Crippen LogP contribution in [0, 0.1) is 0 Å². The Labute approximate surface area is 120 Å². The molecule has 2 N–H and O–H groups in total. The quantitative estimate of drug-likeness (QED) is 0.720. The molecule has 0 saturated carbocycles. The number of aliphatic hydroxyl groups excluding tert-OH is 2. The summed E-state index contributed by atoms with van der Waals surface area (Å²) < 4.78 is 15.8. The van der Waals surface area contributed by atoms with Crippen molar-refractivity contribution in [2.75, 3.05) is 26.9 Å². The third-order valence-corrected chi connectivity index (χ3v) is 2.76. The maximum atomic E-state index is 9.77. The van der Waals surface area contributed by atoms with Gasteiger partial charge in [-0.3, -0.25) is 0 Å². The van der Waals surface area contributed by atoms with E-state index in [0.29, 0.717) is 12.4 Å². The Kier molecular flexibility index (Phi) is 7.54. The van der Waals surface area contributed by atoms with Crippen molar-refractivity contribution in [1.82, 2.24) is 0 Å². The summed E-state index contributed by atoms with van der Waals surface area (Å²) in [5.74, 6) is 0.618. The summed E-state index contributed by atoms with van der Waals surface area (Å²) in [6, 6.07) is 7.17. The van der Waals surface area contributed by atoms with Gasteiger partial charge in [0.15, 0.2) is 0 Å². The van der Waals surface area contributed by atoms with Gasteiger partial charge < -0.3 is 24.4 Å². The Morgan fingerprint density at radius 1 is 1.10 bits per heavy atom. The first-order chi connectivity index (χ1) is 9.52. The van der Waals surface area contributed by atoms with Crippen LogP contribution in [0.1, 0.15) is 25.5 Å². The molecule has 114 valence electrons. The van der Waals surface area contributed by atoms with Gasteiger partial charge >= 0.3 is 0 Å². The summed E-state index contributed by atoms with van der Waals surface area (Å²) in [5.41, 5.74) is 0.780. The number of hydrogen-bond acceptors (Lipinski definition) is 5. The van der Waals surface area contributed by atoms with E-state index in [9.17, 15) is 10.2 Å². The number of hydrogen-bond donors (Lipinski definition) is 2. The minimum absolute atomic E-state index is 0.0618. The van der Waals surface area contributed by atoms with Crippen LogP contribution in [0.2, 0.25) is 0 Å². The number of methoxy groups -OCH3 is 1. The molecule has 0 saturated heterocycles. The highest BCUT2D eigenvalue weighted by molar-refractivity contribution is 5.29. The number of aliphatic hydroxyl groups is 2. The van der Waals surface area contributed by atoms with Gasteiger partial charge in [-0.1, -0.05) is 12.1 Å². The molecule has 1 aromatic carbocycles. The zero-order valence-corrected chi connectivity index (χ0v) is 12.3. The summed E-state index contributed by atoms with van der Waals surface area (Å²) in [4.78, 5) is 0. The molecule has 0 spiro atoms. The largest absolute Gasteiger partial charge is 0.491 e. The smallest absolute Gasteiger partial charge is 0.119 e. The monoisotopic (exact) mass is 284 g/mol. The molecular formula is C15H24O5. The fourth-order valence-corrected chi connectivity index (χ4v) is 1.66. The molecule has 5 heteroatoms. The second kappa shape index (κ2) is 8.92. The van der Waals surface area contributed by atoms with E-state index >= 15 is 0 Å². The lowest BCUT2D eigenvalue weighted by Crippen LogP contribution is -2.27. The highest BCUT2D eigenvalue weighted by Gasteiger charge is 2.09. The second-order valence-corrected chi connectivity index (χ2v) is 4.81. The van der Waals surface area contributed by atoms with Gasteiger partial charge in [-0.15, -0.1) is 0 Å². The van der Waals surface area contributed by atoms with Crippen LogP contribution < -0.4 is 4.74 Å². The van der Waals surface area contributed by atoms with E-state index in [0.717, 1.165) is 5.56 Å². The Morgan fingerprint density at radius 2 is 1.85 bits per heavy atom. The molecule has 0 amide bonds. The Bertz CT molecular complexity index is 380. The molecular weight excluding hydrogens is 260 g/mol. The predicted molar refractivity (Wildman–Crippen MR) is 75.9 cm³/mol. The molecule has 0 heterocycles. The van der Waals surface area contributed by atoms with E-state index in [-0.39, 0.29) is 19.3 Å². The summed E-state index contributed by atoms with van der Waals surface area (Å²) in [5, 5.41) is 19.3. The molecule has 3 atom stereocenters. The minimum atomic E-state index is -0.704. The normalized spacial score (nSPS) is 15.7. The molecule has 20 heavy (non-hydrogen) atoms. The van der Waals surface area contributed by atoms with E-state index in [4.69, 9.17) is 14.2 Å². The van der Waals surface area contributed by atoms with Gasteiger partial charge in [-0.25, -0.2) is 0 Å². The summed E-state index contributed by atoms with van der Waals surface area (Å²) >= 11 is 0. The van der Waals surface area contributed by atoms with Crippen molar-refractivity contribution in [2.24, 2.45) is 0 Å². The topological polar surface area (TPSA) is 68.2 Å². The molecule has 5 nitrogen and oxygen atoms in total. The van der Waals surface area contributed by atoms with Crippen LogP contribution in [0.4, 0.5) is 0 Å². The van der Waals surface area contributed by atoms with Gasteiger partial charge in [0.1, 0.15) is 18.5 Å². The molecule has 0 radical (unpaired) electrons. The molecule has 0 fully saturated rings. The van der Waals surface area contributed by atoms with Gasteiger partial charge in [0.2, 0.25) is 0 Å². The summed E-state index contributed by atoms with van der Waals surface area (Å²) in [6.07, 6.45) is -1.31.